The Balaban J connectivity index is 3.08. The van der Waals surface area contributed by atoms with E-state index in [1.807, 2.05) is 0 Å². The predicted octanol–water partition coefficient (Wildman–Crippen LogP) is 2.71. The predicted molar refractivity (Wildman–Crippen MR) is 46.8 cm³/mol. The first kappa shape index (κ1) is 7.61. The molecule has 0 N–H and O–H groups in total. The van der Waals surface area contributed by atoms with Crippen LogP contribution in [0.25, 0.3) is 0 Å². The maximum Gasteiger partial charge on any atom is 0.133 e. The molecule has 1 heteroatoms. The van der Waals surface area contributed by atoms with Gasteiger partial charge in [0.15, 0.2) is 0 Å². The number of ether oxygens (including phenoxy) is 1. The SMILES string of the molecule is C=CC1=C(C=C)C(=C)C=CO1. The smallest absolute Gasteiger partial charge is 0.133 e. The van der Waals surface area contributed by atoms with Crippen molar-refractivity contribution in [3.63, 3.8) is 0 Å². The van der Waals surface area contributed by atoms with Crippen LogP contribution < -0.4 is 0 Å². The van der Waals surface area contributed by atoms with Crippen molar-refractivity contribution in [3.05, 3.63) is 61.1 Å². The van der Waals surface area contributed by atoms with Gasteiger partial charge in [0.1, 0.15) is 5.76 Å². The molecular formula is C10H10O. The fourth-order valence-electron chi connectivity index (χ4n) is 0.891. The summed E-state index contributed by atoms with van der Waals surface area (Å²) in [6, 6.07) is 0. The van der Waals surface area contributed by atoms with E-state index in [0.717, 1.165) is 11.1 Å². The average molecular weight is 146 g/mol. The van der Waals surface area contributed by atoms with Crippen molar-refractivity contribution in [2.75, 3.05) is 0 Å². The van der Waals surface area contributed by atoms with Crippen LogP contribution >= 0.6 is 0 Å². The Labute approximate surface area is 66.7 Å². The van der Waals surface area contributed by atoms with Crippen LogP contribution in [0.4, 0.5) is 0 Å². The van der Waals surface area contributed by atoms with Crippen LogP contribution in [0.15, 0.2) is 61.1 Å². The monoisotopic (exact) mass is 146 g/mol. The van der Waals surface area contributed by atoms with E-state index in [1.54, 1.807) is 24.5 Å². The molecule has 0 unspecified atom stereocenters. The summed E-state index contributed by atoms with van der Waals surface area (Å²) in [7, 11) is 0. The zero-order valence-electron chi connectivity index (χ0n) is 6.34. The molecule has 0 radical (unpaired) electrons. The molecule has 0 aromatic heterocycles. The summed E-state index contributed by atoms with van der Waals surface area (Å²) < 4.78 is 5.15. The van der Waals surface area contributed by atoms with Crippen LogP contribution in [0.2, 0.25) is 0 Å². The molecule has 1 aliphatic rings. The second-order valence-corrected chi connectivity index (χ2v) is 2.13. The van der Waals surface area contributed by atoms with E-state index in [0.29, 0.717) is 5.76 Å². The summed E-state index contributed by atoms with van der Waals surface area (Å²) in [5.41, 5.74) is 1.81. The highest BCUT2D eigenvalue weighted by Gasteiger charge is 2.06. The first-order chi connectivity index (χ1) is 5.29. The van der Waals surface area contributed by atoms with Gasteiger partial charge in [-0.2, -0.15) is 0 Å². The Morgan fingerprint density at radius 3 is 2.45 bits per heavy atom. The Kier molecular flexibility index (Phi) is 2.12. The lowest BCUT2D eigenvalue weighted by Crippen LogP contribution is -1.95. The van der Waals surface area contributed by atoms with Gasteiger partial charge in [-0.25, -0.2) is 0 Å². The third kappa shape index (κ3) is 1.32. The van der Waals surface area contributed by atoms with Crippen LogP contribution in [0, 0.1) is 0 Å². The van der Waals surface area contributed by atoms with E-state index >= 15 is 0 Å². The topological polar surface area (TPSA) is 9.23 Å². The molecule has 0 fully saturated rings. The standard InChI is InChI=1S/C10H10O/c1-4-9-8(3)6-7-11-10(9)5-2/h4-7H,1-3H2. The first-order valence-electron chi connectivity index (χ1n) is 3.31. The molecule has 0 aliphatic carbocycles. The normalized spacial score (nSPS) is 16.2. The summed E-state index contributed by atoms with van der Waals surface area (Å²) in [5, 5.41) is 0. The molecule has 0 aromatic carbocycles. The lowest BCUT2D eigenvalue weighted by molar-refractivity contribution is 0.360. The molecule has 56 valence electrons. The minimum Gasteiger partial charge on any atom is -0.464 e. The molecule has 0 bridgehead atoms. The molecule has 0 amide bonds. The fraction of sp³-hybridized carbons (Fsp3) is 0. The number of hydrogen-bond donors (Lipinski definition) is 0. The summed E-state index contributed by atoms with van der Waals surface area (Å²) in [6.45, 7) is 11.1. The van der Waals surface area contributed by atoms with E-state index in [9.17, 15) is 0 Å². The van der Waals surface area contributed by atoms with Gasteiger partial charge in [0, 0.05) is 5.57 Å². The van der Waals surface area contributed by atoms with Crippen molar-refractivity contribution >= 4 is 0 Å². The summed E-state index contributed by atoms with van der Waals surface area (Å²) >= 11 is 0. The Bertz CT molecular complexity index is 267. The van der Waals surface area contributed by atoms with Gasteiger partial charge < -0.3 is 4.74 Å². The van der Waals surface area contributed by atoms with E-state index in [4.69, 9.17) is 4.74 Å². The van der Waals surface area contributed by atoms with Crippen molar-refractivity contribution in [1.29, 1.82) is 0 Å². The van der Waals surface area contributed by atoms with Crippen LogP contribution in [0.5, 0.6) is 0 Å². The first-order valence-corrected chi connectivity index (χ1v) is 3.31. The van der Waals surface area contributed by atoms with Crippen molar-refractivity contribution in [3.8, 4) is 0 Å². The molecule has 0 spiro atoms. The highest BCUT2D eigenvalue weighted by atomic mass is 16.5. The highest BCUT2D eigenvalue weighted by molar-refractivity contribution is 5.49. The van der Waals surface area contributed by atoms with Gasteiger partial charge in [-0.1, -0.05) is 25.8 Å². The Hall–Kier alpha value is -1.50. The zero-order chi connectivity index (χ0) is 8.27. The van der Waals surface area contributed by atoms with Gasteiger partial charge in [-0.15, -0.1) is 0 Å². The molecule has 11 heavy (non-hydrogen) atoms. The van der Waals surface area contributed by atoms with Gasteiger partial charge in [0.2, 0.25) is 0 Å². The lowest BCUT2D eigenvalue weighted by Gasteiger charge is -2.12. The molecule has 0 saturated heterocycles. The fourth-order valence-corrected chi connectivity index (χ4v) is 0.891. The van der Waals surface area contributed by atoms with E-state index in [2.05, 4.69) is 19.7 Å². The van der Waals surface area contributed by atoms with Crippen LogP contribution in [0.3, 0.4) is 0 Å². The van der Waals surface area contributed by atoms with Gasteiger partial charge in [-0.05, 0) is 17.7 Å². The third-order valence-electron chi connectivity index (χ3n) is 1.47. The minimum absolute atomic E-state index is 0.715. The maximum atomic E-state index is 5.15. The number of hydrogen-bond acceptors (Lipinski definition) is 1. The summed E-state index contributed by atoms with van der Waals surface area (Å²) in [4.78, 5) is 0. The average Bonchev–Trinajstić information content (AvgIpc) is 2.04. The Morgan fingerprint density at radius 2 is 2.00 bits per heavy atom. The van der Waals surface area contributed by atoms with E-state index in [-0.39, 0.29) is 0 Å². The van der Waals surface area contributed by atoms with Gasteiger partial charge in [0.25, 0.3) is 0 Å². The highest BCUT2D eigenvalue weighted by Crippen LogP contribution is 2.22. The summed E-state index contributed by atoms with van der Waals surface area (Å²) in [6.07, 6.45) is 6.74. The third-order valence-corrected chi connectivity index (χ3v) is 1.47. The second kappa shape index (κ2) is 3.06. The minimum atomic E-state index is 0.715. The van der Waals surface area contributed by atoms with E-state index in [1.165, 1.54) is 0 Å². The van der Waals surface area contributed by atoms with Crippen molar-refractivity contribution in [1.82, 2.24) is 0 Å². The maximum absolute atomic E-state index is 5.15. The summed E-state index contributed by atoms with van der Waals surface area (Å²) in [5.74, 6) is 0.715. The number of rotatable bonds is 2. The van der Waals surface area contributed by atoms with Crippen LogP contribution in [-0.4, -0.2) is 0 Å². The molecule has 0 aromatic rings. The molecule has 0 saturated carbocycles. The molecule has 1 rings (SSSR count). The molecule has 1 aliphatic heterocycles. The second-order valence-electron chi connectivity index (χ2n) is 2.13. The number of allylic oxidation sites excluding steroid dienone is 5. The molecule has 1 nitrogen and oxygen atoms in total. The molecule has 0 atom stereocenters. The van der Waals surface area contributed by atoms with Gasteiger partial charge >= 0.3 is 0 Å². The zero-order valence-corrected chi connectivity index (χ0v) is 6.34. The van der Waals surface area contributed by atoms with Gasteiger partial charge in [-0.3, -0.25) is 0 Å². The lowest BCUT2D eigenvalue weighted by atomic mass is 10.1. The van der Waals surface area contributed by atoms with Crippen molar-refractivity contribution in [2.24, 2.45) is 0 Å². The molecular weight excluding hydrogens is 136 g/mol. The van der Waals surface area contributed by atoms with Crippen LogP contribution in [0.1, 0.15) is 0 Å². The quantitative estimate of drug-likeness (QED) is 0.582. The largest absolute Gasteiger partial charge is 0.464 e. The molecule has 1 heterocycles. The Morgan fingerprint density at radius 1 is 1.27 bits per heavy atom. The van der Waals surface area contributed by atoms with Gasteiger partial charge in [0.05, 0.1) is 6.26 Å². The van der Waals surface area contributed by atoms with E-state index < -0.39 is 0 Å². The van der Waals surface area contributed by atoms with Crippen LogP contribution in [-0.2, 0) is 4.74 Å². The van der Waals surface area contributed by atoms with Crippen molar-refractivity contribution < 1.29 is 4.74 Å². The van der Waals surface area contributed by atoms with Crippen molar-refractivity contribution in [2.45, 2.75) is 0 Å².